The summed E-state index contributed by atoms with van der Waals surface area (Å²) >= 11 is 3.34. The first-order valence-corrected chi connectivity index (χ1v) is 4.75. The summed E-state index contributed by atoms with van der Waals surface area (Å²) in [5.41, 5.74) is 0.767. The highest BCUT2D eigenvalue weighted by Gasteiger charge is 2.23. The van der Waals surface area contributed by atoms with Crippen molar-refractivity contribution in [1.82, 2.24) is 5.32 Å². The van der Waals surface area contributed by atoms with Crippen LogP contribution in [0.15, 0.2) is 22.7 Å². The number of hydrogen-bond donors (Lipinski definition) is 1. The van der Waals surface area contributed by atoms with E-state index in [0.29, 0.717) is 0 Å². The van der Waals surface area contributed by atoms with Crippen LogP contribution < -0.4 is 5.32 Å². The van der Waals surface area contributed by atoms with E-state index >= 15 is 0 Å². The molecular weight excluding hydrogens is 221 g/mol. The van der Waals surface area contributed by atoms with Crippen LogP contribution >= 0.6 is 15.9 Å². The Morgan fingerprint density at radius 2 is 2.25 bits per heavy atom. The zero-order valence-electron chi connectivity index (χ0n) is 6.48. The van der Waals surface area contributed by atoms with Gasteiger partial charge in [-0.25, -0.2) is 4.39 Å². The van der Waals surface area contributed by atoms with Crippen LogP contribution in [0.5, 0.6) is 0 Å². The lowest BCUT2D eigenvalue weighted by molar-refractivity contribution is 0.369. The summed E-state index contributed by atoms with van der Waals surface area (Å²) < 4.78 is 14.1. The Morgan fingerprint density at radius 3 is 2.75 bits per heavy atom. The number of rotatable bonds is 1. The molecular formula is C9H9BrFN. The van der Waals surface area contributed by atoms with Gasteiger partial charge in [-0.05, 0) is 25.1 Å². The van der Waals surface area contributed by atoms with Crippen molar-refractivity contribution in [2.75, 3.05) is 6.54 Å². The Bertz CT molecular complexity index is 276. The van der Waals surface area contributed by atoms with Crippen LogP contribution in [0.4, 0.5) is 4.39 Å². The summed E-state index contributed by atoms with van der Waals surface area (Å²) in [7, 11) is 0. The van der Waals surface area contributed by atoms with Crippen LogP contribution in [-0.4, -0.2) is 6.54 Å². The molecule has 1 saturated heterocycles. The van der Waals surface area contributed by atoms with E-state index in [1.165, 1.54) is 6.07 Å². The molecule has 0 aromatic heterocycles. The van der Waals surface area contributed by atoms with Gasteiger partial charge in [0.15, 0.2) is 0 Å². The molecule has 1 nitrogen and oxygen atoms in total. The molecule has 1 atom stereocenters. The predicted octanol–water partition coefficient (Wildman–Crippen LogP) is 2.62. The van der Waals surface area contributed by atoms with Crippen molar-refractivity contribution in [3.8, 4) is 0 Å². The smallest absolute Gasteiger partial charge is 0.129 e. The highest BCUT2D eigenvalue weighted by molar-refractivity contribution is 9.10. The van der Waals surface area contributed by atoms with Crippen molar-refractivity contribution in [3.05, 3.63) is 34.1 Å². The van der Waals surface area contributed by atoms with Gasteiger partial charge in [0.1, 0.15) is 5.82 Å². The van der Waals surface area contributed by atoms with Crippen LogP contribution in [0.1, 0.15) is 18.0 Å². The molecule has 0 bridgehead atoms. The van der Waals surface area contributed by atoms with Crippen LogP contribution in [0, 0.1) is 5.82 Å². The van der Waals surface area contributed by atoms with Gasteiger partial charge in [-0.3, -0.25) is 0 Å². The SMILES string of the molecule is Fc1cccc(Br)c1C1CCN1. The molecule has 1 aromatic carbocycles. The third kappa shape index (κ3) is 1.27. The highest BCUT2D eigenvalue weighted by Crippen LogP contribution is 2.31. The molecule has 1 heterocycles. The zero-order valence-corrected chi connectivity index (χ0v) is 8.07. The molecule has 1 fully saturated rings. The number of nitrogens with one attached hydrogen (secondary N) is 1. The van der Waals surface area contributed by atoms with Gasteiger partial charge < -0.3 is 5.32 Å². The fourth-order valence-electron chi connectivity index (χ4n) is 1.38. The van der Waals surface area contributed by atoms with Gasteiger partial charge in [0.25, 0.3) is 0 Å². The van der Waals surface area contributed by atoms with Crippen molar-refractivity contribution < 1.29 is 4.39 Å². The molecule has 1 aliphatic rings. The Morgan fingerprint density at radius 1 is 1.50 bits per heavy atom. The van der Waals surface area contributed by atoms with Gasteiger partial charge in [-0.2, -0.15) is 0 Å². The summed E-state index contributed by atoms with van der Waals surface area (Å²) in [6, 6.07) is 5.29. The molecule has 0 saturated carbocycles. The summed E-state index contributed by atoms with van der Waals surface area (Å²) in [6.45, 7) is 0.992. The Hall–Kier alpha value is -0.410. The highest BCUT2D eigenvalue weighted by atomic mass is 79.9. The average molecular weight is 230 g/mol. The second-order valence-corrected chi connectivity index (χ2v) is 3.79. The average Bonchev–Trinajstić information content (AvgIpc) is 1.93. The van der Waals surface area contributed by atoms with E-state index in [1.807, 2.05) is 6.07 Å². The maximum atomic E-state index is 13.3. The monoisotopic (exact) mass is 229 g/mol. The first-order chi connectivity index (χ1) is 5.79. The van der Waals surface area contributed by atoms with E-state index in [2.05, 4.69) is 21.2 Å². The number of hydrogen-bond acceptors (Lipinski definition) is 1. The second kappa shape index (κ2) is 3.15. The molecule has 3 heteroatoms. The van der Waals surface area contributed by atoms with E-state index in [4.69, 9.17) is 0 Å². The minimum Gasteiger partial charge on any atom is -0.310 e. The summed E-state index contributed by atoms with van der Waals surface area (Å²) in [5, 5.41) is 3.17. The first-order valence-electron chi connectivity index (χ1n) is 3.96. The van der Waals surface area contributed by atoms with Gasteiger partial charge in [0.05, 0.1) is 0 Å². The van der Waals surface area contributed by atoms with Crippen LogP contribution in [0.2, 0.25) is 0 Å². The molecule has 64 valence electrons. The molecule has 12 heavy (non-hydrogen) atoms. The Balaban J connectivity index is 2.39. The molecule has 1 aromatic rings. The molecule has 1 unspecified atom stereocenters. The third-order valence-corrected chi connectivity index (χ3v) is 2.86. The van der Waals surface area contributed by atoms with Crippen molar-refractivity contribution >= 4 is 15.9 Å². The number of benzene rings is 1. The minimum absolute atomic E-state index is 0.124. The molecule has 0 amide bonds. The van der Waals surface area contributed by atoms with Crippen LogP contribution in [0.25, 0.3) is 0 Å². The molecule has 2 rings (SSSR count). The van der Waals surface area contributed by atoms with Crippen molar-refractivity contribution in [2.45, 2.75) is 12.5 Å². The Labute approximate surface area is 79.1 Å². The van der Waals surface area contributed by atoms with Gasteiger partial charge in [0, 0.05) is 16.1 Å². The van der Waals surface area contributed by atoms with E-state index in [0.717, 1.165) is 23.0 Å². The standard InChI is InChI=1S/C9H9BrFN/c10-6-2-1-3-7(11)9(6)8-4-5-12-8/h1-3,8,12H,4-5H2. The van der Waals surface area contributed by atoms with Crippen molar-refractivity contribution in [3.63, 3.8) is 0 Å². The number of halogens is 2. The van der Waals surface area contributed by atoms with Crippen LogP contribution in [-0.2, 0) is 0 Å². The van der Waals surface area contributed by atoms with E-state index < -0.39 is 0 Å². The lowest BCUT2D eigenvalue weighted by Crippen LogP contribution is -2.35. The Kier molecular flexibility index (Phi) is 2.15. The third-order valence-electron chi connectivity index (χ3n) is 2.17. The van der Waals surface area contributed by atoms with Crippen molar-refractivity contribution in [1.29, 1.82) is 0 Å². The topological polar surface area (TPSA) is 12.0 Å². The molecule has 0 spiro atoms. The summed E-state index contributed by atoms with van der Waals surface area (Å²) in [6.07, 6.45) is 1.03. The fourth-order valence-corrected chi connectivity index (χ4v) is 2.00. The molecule has 0 radical (unpaired) electrons. The van der Waals surface area contributed by atoms with Gasteiger partial charge in [-0.1, -0.05) is 22.0 Å². The second-order valence-electron chi connectivity index (χ2n) is 2.93. The lowest BCUT2D eigenvalue weighted by Gasteiger charge is -2.29. The predicted molar refractivity (Wildman–Crippen MR) is 49.5 cm³/mol. The van der Waals surface area contributed by atoms with Gasteiger partial charge in [-0.15, -0.1) is 0 Å². The molecule has 1 N–H and O–H groups in total. The zero-order chi connectivity index (χ0) is 8.55. The lowest BCUT2D eigenvalue weighted by atomic mass is 9.98. The van der Waals surface area contributed by atoms with Crippen LogP contribution in [0.3, 0.4) is 0 Å². The van der Waals surface area contributed by atoms with E-state index in [1.54, 1.807) is 6.07 Å². The first kappa shape index (κ1) is 8.20. The molecule has 0 aliphatic carbocycles. The molecule has 1 aliphatic heterocycles. The van der Waals surface area contributed by atoms with E-state index in [-0.39, 0.29) is 11.9 Å². The normalized spacial score (nSPS) is 22.0. The van der Waals surface area contributed by atoms with Gasteiger partial charge >= 0.3 is 0 Å². The summed E-state index contributed by atoms with van der Waals surface area (Å²) in [5.74, 6) is -0.124. The van der Waals surface area contributed by atoms with Crippen molar-refractivity contribution in [2.24, 2.45) is 0 Å². The maximum Gasteiger partial charge on any atom is 0.129 e. The fraction of sp³-hybridized carbons (Fsp3) is 0.333. The summed E-state index contributed by atoms with van der Waals surface area (Å²) in [4.78, 5) is 0. The quantitative estimate of drug-likeness (QED) is 0.781. The van der Waals surface area contributed by atoms with E-state index in [9.17, 15) is 4.39 Å². The maximum absolute atomic E-state index is 13.3. The van der Waals surface area contributed by atoms with Gasteiger partial charge in [0.2, 0.25) is 0 Å². The largest absolute Gasteiger partial charge is 0.310 e. The minimum atomic E-state index is -0.124.